The van der Waals surface area contributed by atoms with Crippen LogP contribution in [0.25, 0.3) is 0 Å². The van der Waals surface area contributed by atoms with Gasteiger partial charge in [-0.05, 0) is 24.3 Å². The Morgan fingerprint density at radius 3 is 2.39 bits per heavy atom. The highest BCUT2D eigenvalue weighted by Crippen LogP contribution is 2.25. The Morgan fingerprint density at radius 2 is 1.89 bits per heavy atom. The van der Waals surface area contributed by atoms with E-state index < -0.39 is 5.97 Å². The third kappa shape index (κ3) is 2.56. The van der Waals surface area contributed by atoms with Crippen LogP contribution in [-0.2, 0) is 4.79 Å². The SMILES string of the molecule is CC(C(=O)O)C1CN(C(=O)c2ccc(Br)cc2)C1. The topological polar surface area (TPSA) is 57.6 Å². The molecule has 1 amide bonds. The Balaban J connectivity index is 1.94. The molecular formula is C13H14BrNO3. The summed E-state index contributed by atoms with van der Waals surface area (Å²) >= 11 is 3.32. The van der Waals surface area contributed by atoms with E-state index in [1.165, 1.54) is 0 Å². The number of rotatable bonds is 3. The van der Waals surface area contributed by atoms with Crippen LogP contribution in [-0.4, -0.2) is 35.0 Å². The number of amides is 1. The van der Waals surface area contributed by atoms with Crippen molar-refractivity contribution in [3.05, 3.63) is 34.3 Å². The van der Waals surface area contributed by atoms with E-state index in [1.807, 2.05) is 12.1 Å². The van der Waals surface area contributed by atoms with Gasteiger partial charge < -0.3 is 10.0 Å². The van der Waals surface area contributed by atoms with Crippen molar-refractivity contribution in [3.8, 4) is 0 Å². The predicted octanol–water partition coefficient (Wildman–Crippen LogP) is 2.24. The molecule has 5 heteroatoms. The minimum Gasteiger partial charge on any atom is -0.481 e. The summed E-state index contributed by atoms with van der Waals surface area (Å²) in [5, 5.41) is 8.88. The zero-order valence-corrected chi connectivity index (χ0v) is 11.6. The molecule has 0 aromatic heterocycles. The average molecular weight is 312 g/mol. The van der Waals surface area contributed by atoms with Gasteiger partial charge in [-0.2, -0.15) is 0 Å². The van der Waals surface area contributed by atoms with Gasteiger partial charge in [-0.15, -0.1) is 0 Å². The second-order valence-electron chi connectivity index (χ2n) is 4.60. The maximum absolute atomic E-state index is 12.0. The maximum Gasteiger partial charge on any atom is 0.306 e. The monoisotopic (exact) mass is 311 g/mol. The lowest BCUT2D eigenvalue weighted by atomic mass is 9.86. The normalized spacial score (nSPS) is 17.1. The Bertz CT molecular complexity index is 466. The van der Waals surface area contributed by atoms with Crippen molar-refractivity contribution in [1.29, 1.82) is 0 Å². The van der Waals surface area contributed by atoms with E-state index in [0.717, 1.165) is 4.47 Å². The van der Waals surface area contributed by atoms with Crippen LogP contribution in [0.2, 0.25) is 0 Å². The van der Waals surface area contributed by atoms with Crippen LogP contribution >= 0.6 is 15.9 Å². The molecule has 1 N–H and O–H groups in total. The van der Waals surface area contributed by atoms with Crippen LogP contribution in [0.1, 0.15) is 17.3 Å². The number of nitrogens with zero attached hydrogens (tertiary/aromatic N) is 1. The van der Waals surface area contributed by atoms with Gasteiger partial charge in [0, 0.05) is 29.0 Å². The van der Waals surface area contributed by atoms with Crippen molar-refractivity contribution < 1.29 is 14.7 Å². The molecule has 1 aliphatic rings. The van der Waals surface area contributed by atoms with Gasteiger partial charge in [-0.3, -0.25) is 9.59 Å². The summed E-state index contributed by atoms with van der Waals surface area (Å²) in [5.74, 6) is -1.15. The van der Waals surface area contributed by atoms with Gasteiger partial charge in [0.15, 0.2) is 0 Å². The summed E-state index contributed by atoms with van der Waals surface area (Å²) in [4.78, 5) is 24.5. The van der Waals surface area contributed by atoms with Gasteiger partial charge >= 0.3 is 5.97 Å². The first-order valence-corrected chi connectivity index (χ1v) is 6.56. The van der Waals surface area contributed by atoms with Crippen LogP contribution in [0.15, 0.2) is 28.7 Å². The highest BCUT2D eigenvalue weighted by Gasteiger charge is 2.37. The number of carbonyl (C=O) groups is 2. The fraction of sp³-hybridized carbons (Fsp3) is 0.385. The number of benzene rings is 1. The predicted molar refractivity (Wildman–Crippen MR) is 70.3 cm³/mol. The van der Waals surface area contributed by atoms with Crippen LogP contribution in [0, 0.1) is 11.8 Å². The van der Waals surface area contributed by atoms with E-state index in [2.05, 4.69) is 15.9 Å². The molecule has 1 saturated heterocycles. The average Bonchev–Trinajstić information content (AvgIpc) is 2.27. The highest BCUT2D eigenvalue weighted by molar-refractivity contribution is 9.10. The number of hydrogen-bond acceptors (Lipinski definition) is 2. The minimum absolute atomic E-state index is 0.0312. The summed E-state index contributed by atoms with van der Waals surface area (Å²) in [5.41, 5.74) is 0.639. The van der Waals surface area contributed by atoms with Crippen LogP contribution in [0.5, 0.6) is 0 Å². The molecule has 96 valence electrons. The van der Waals surface area contributed by atoms with Crippen molar-refractivity contribution in [2.75, 3.05) is 13.1 Å². The third-order valence-electron chi connectivity index (χ3n) is 3.38. The summed E-state index contributed by atoms with van der Waals surface area (Å²) in [6.07, 6.45) is 0. The Labute approximate surface area is 114 Å². The lowest BCUT2D eigenvalue weighted by Crippen LogP contribution is -2.53. The number of hydrogen-bond donors (Lipinski definition) is 1. The molecule has 1 unspecified atom stereocenters. The molecule has 1 aromatic rings. The number of carboxylic acid groups (broad SMARTS) is 1. The van der Waals surface area contributed by atoms with Crippen molar-refractivity contribution >= 4 is 27.8 Å². The summed E-state index contributed by atoms with van der Waals surface area (Å²) in [6, 6.07) is 7.18. The Morgan fingerprint density at radius 1 is 1.33 bits per heavy atom. The minimum atomic E-state index is -0.796. The smallest absolute Gasteiger partial charge is 0.306 e. The summed E-state index contributed by atoms with van der Waals surface area (Å²) < 4.78 is 0.931. The second-order valence-corrected chi connectivity index (χ2v) is 5.52. The Hall–Kier alpha value is -1.36. The van der Waals surface area contributed by atoms with Crippen LogP contribution < -0.4 is 0 Å². The molecule has 0 bridgehead atoms. The molecular weight excluding hydrogens is 298 g/mol. The molecule has 0 radical (unpaired) electrons. The van der Waals surface area contributed by atoms with E-state index in [4.69, 9.17) is 5.11 Å². The molecule has 1 aliphatic heterocycles. The van der Waals surface area contributed by atoms with E-state index in [-0.39, 0.29) is 17.7 Å². The highest BCUT2D eigenvalue weighted by atomic mass is 79.9. The van der Waals surface area contributed by atoms with Gasteiger partial charge in [0.25, 0.3) is 5.91 Å². The number of carboxylic acids is 1. The van der Waals surface area contributed by atoms with Gasteiger partial charge in [0.05, 0.1) is 5.92 Å². The number of carbonyl (C=O) groups excluding carboxylic acids is 1. The first kappa shape index (κ1) is 13.1. The number of likely N-dealkylation sites (tertiary alicyclic amines) is 1. The van der Waals surface area contributed by atoms with Gasteiger partial charge in [0.2, 0.25) is 0 Å². The lowest BCUT2D eigenvalue weighted by molar-refractivity contribution is -0.144. The van der Waals surface area contributed by atoms with Crippen molar-refractivity contribution in [2.24, 2.45) is 11.8 Å². The standard InChI is InChI=1S/C13H14BrNO3/c1-8(13(17)18)10-6-15(7-10)12(16)9-2-4-11(14)5-3-9/h2-5,8,10H,6-7H2,1H3,(H,17,18). The summed E-state index contributed by atoms with van der Waals surface area (Å²) in [6.45, 7) is 2.75. The van der Waals surface area contributed by atoms with Gasteiger partial charge in [-0.1, -0.05) is 22.9 Å². The van der Waals surface area contributed by atoms with Crippen LogP contribution in [0.4, 0.5) is 0 Å². The first-order chi connectivity index (χ1) is 8.49. The van der Waals surface area contributed by atoms with Gasteiger partial charge in [-0.25, -0.2) is 0 Å². The third-order valence-corrected chi connectivity index (χ3v) is 3.91. The van der Waals surface area contributed by atoms with E-state index in [9.17, 15) is 9.59 Å². The zero-order chi connectivity index (χ0) is 13.3. The van der Waals surface area contributed by atoms with Crippen molar-refractivity contribution in [3.63, 3.8) is 0 Å². The largest absolute Gasteiger partial charge is 0.481 e. The van der Waals surface area contributed by atoms with Crippen molar-refractivity contribution in [1.82, 2.24) is 4.90 Å². The molecule has 0 saturated carbocycles. The molecule has 1 fully saturated rings. The molecule has 0 spiro atoms. The molecule has 18 heavy (non-hydrogen) atoms. The molecule has 1 atom stereocenters. The zero-order valence-electron chi connectivity index (χ0n) is 9.97. The molecule has 4 nitrogen and oxygen atoms in total. The fourth-order valence-electron chi connectivity index (χ4n) is 1.97. The maximum atomic E-state index is 12.0. The van der Waals surface area contributed by atoms with Crippen LogP contribution in [0.3, 0.4) is 0 Å². The molecule has 1 aromatic carbocycles. The van der Waals surface area contributed by atoms with Gasteiger partial charge in [0.1, 0.15) is 0 Å². The molecule has 1 heterocycles. The number of halogens is 1. The summed E-state index contributed by atoms with van der Waals surface area (Å²) in [7, 11) is 0. The van der Waals surface area contributed by atoms with E-state index in [1.54, 1.807) is 24.0 Å². The quantitative estimate of drug-likeness (QED) is 0.931. The fourth-order valence-corrected chi connectivity index (χ4v) is 2.24. The van der Waals surface area contributed by atoms with E-state index in [0.29, 0.717) is 18.7 Å². The Kier molecular flexibility index (Phi) is 3.71. The second kappa shape index (κ2) is 5.10. The first-order valence-electron chi connectivity index (χ1n) is 5.76. The number of aliphatic carboxylic acids is 1. The lowest BCUT2D eigenvalue weighted by Gasteiger charge is -2.41. The molecule has 0 aliphatic carbocycles. The molecule has 2 rings (SSSR count). The van der Waals surface area contributed by atoms with Crippen molar-refractivity contribution in [2.45, 2.75) is 6.92 Å². The van der Waals surface area contributed by atoms with E-state index >= 15 is 0 Å².